The zero-order valence-electron chi connectivity index (χ0n) is 9.73. The van der Waals surface area contributed by atoms with Crippen LogP contribution < -0.4 is 11.1 Å². The topological polar surface area (TPSA) is 86.1 Å². The van der Waals surface area contributed by atoms with Gasteiger partial charge in [-0.2, -0.15) is 5.10 Å². The SMILES string of the molecule is Cc1occc1C(=O)NCc1cnn(C)c1N. The van der Waals surface area contributed by atoms with Gasteiger partial charge in [-0.1, -0.05) is 0 Å². The quantitative estimate of drug-likeness (QED) is 0.823. The minimum absolute atomic E-state index is 0.181. The molecule has 0 bridgehead atoms. The molecule has 0 aliphatic carbocycles. The van der Waals surface area contributed by atoms with E-state index in [-0.39, 0.29) is 5.91 Å². The van der Waals surface area contributed by atoms with Crippen molar-refractivity contribution in [1.82, 2.24) is 15.1 Å². The molecule has 2 rings (SSSR count). The molecule has 90 valence electrons. The third-order valence-corrected chi connectivity index (χ3v) is 2.61. The number of aryl methyl sites for hydroxylation is 2. The Morgan fingerprint density at radius 1 is 1.65 bits per heavy atom. The van der Waals surface area contributed by atoms with Gasteiger partial charge in [-0.15, -0.1) is 0 Å². The van der Waals surface area contributed by atoms with Crippen LogP contribution in [-0.2, 0) is 13.6 Å². The molecule has 0 fully saturated rings. The maximum Gasteiger partial charge on any atom is 0.255 e. The number of hydrogen-bond donors (Lipinski definition) is 2. The Labute approximate surface area is 98.4 Å². The Balaban J connectivity index is 2.02. The van der Waals surface area contributed by atoms with E-state index in [0.717, 1.165) is 5.56 Å². The van der Waals surface area contributed by atoms with E-state index in [2.05, 4.69) is 10.4 Å². The highest BCUT2D eigenvalue weighted by Gasteiger charge is 2.12. The molecule has 17 heavy (non-hydrogen) atoms. The van der Waals surface area contributed by atoms with Crippen molar-refractivity contribution in [1.29, 1.82) is 0 Å². The first-order valence-corrected chi connectivity index (χ1v) is 5.18. The van der Waals surface area contributed by atoms with E-state index in [1.54, 1.807) is 30.9 Å². The van der Waals surface area contributed by atoms with E-state index < -0.39 is 0 Å². The fourth-order valence-electron chi connectivity index (χ4n) is 1.52. The summed E-state index contributed by atoms with van der Waals surface area (Å²) in [6.07, 6.45) is 3.13. The highest BCUT2D eigenvalue weighted by atomic mass is 16.3. The second kappa shape index (κ2) is 4.32. The van der Waals surface area contributed by atoms with E-state index in [4.69, 9.17) is 10.2 Å². The van der Waals surface area contributed by atoms with Crippen LogP contribution in [0.5, 0.6) is 0 Å². The Hall–Kier alpha value is -2.24. The Kier molecular flexibility index (Phi) is 2.86. The summed E-state index contributed by atoms with van der Waals surface area (Å²) in [6, 6.07) is 1.64. The molecule has 0 saturated heterocycles. The van der Waals surface area contributed by atoms with Crippen molar-refractivity contribution < 1.29 is 9.21 Å². The fraction of sp³-hybridized carbons (Fsp3) is 0.273. The average molecular weight is 234 g/mol. The first kappa shape index (κ1) is 11.3. The van der Waals surface area contributed by atoms with Crippen LogP contribution in [0.4, 0.5) is 5.82 Å². The standard InChI is InChI=1S/C11H14N4O2/c1-7-9(3-4-17-7)11(16)13-5-8-6-14-15(2)10(8)12/h3-4,6H,5,12H2,1-2H3,(H,13,16). The van der Waals surface area contributed by atoms with Crippen molar-refractivity contribution in [3.63, 3.8) is 0 Å². The van der Waals surface area contributed by atoms with Crippen LogP contribution in [0, 0.1) is 6.92 Å². The second-order valence-corrected chi connectivity index (χ2v) is 3.75. The first-order chi connectivity index (χ1) is 8.09. The van der Waals surface area contributed by atoms with Gasteiger partial charge in [0.15, 0.2) is 0 Å². The molecular formula is C11H14N4O2. The molecule has 0 aliphatic rings. The number of rotatable bonds is 3. The monoisotopic (exact) mass is 234 g/mol. The number of amides is 1. The van der Waals surface area contributed by atoms with Crippen LogP contribution in [0.25, 0.3) is 0 Å². The number of carbonyl (C=O) groups excluding carboxylic acids is 1. The lowest BCUT2D eigenvalue weighted by Gasteiger charge is -2.03. The number of anilines is 1. The van der Waals surface area contributed by atoms with E-state index in [1.165, 1.54) is 6.26 Å². The Morgan fingerprint density at radius 3 is 2.94 bits per heavy atom. The van der Waals surface area contributed by atoms with Gasteiger partial charge in [0.05, 0.1) is 18.0 Å². The van der Waals surface area contributed by atoms with Gasteiger partial charge in [-0.3, -0.25) is 9.48 Å². The van der Waals surface area contributed by atoms with E-state index in [1.807, 2.05) is 0 Å². The van der Waals surface area contributed by atoms with Crippen LogP contribution in [-0.4, -0.2) is 15.7 Å². The highest BCUT2D eigenvalue weighted by molar-refractivity contribution is 5.95. The smallest absolute Gasteiger partial charge is 0.255 e. The Bertz CT molecular complexity index is 541. The summed E-state index contributed by atoms with van der Waals surface area (Å²) >= 11 is 0. The molecule has 0 radical (unpaired) electrons. The molecule has 0 saturated carbocycles. The average Bonchev–Trinajstić information content (AvgIpc) is 2.85. The van der Waals surface area contributed by atoms with E-state index in [0.29, 0.717) is 23.7 Å². The lowest BCUT2D eigenvalue weighted by Crippen LogP contribution is -2.23. The lowest BCUT2D eigenvalue weighted by molar-refractivity contribution is 0.0949. The molecule has 0 spiro atoms. The molecule has 0 aliphatic heterocycles. The van der Waals surface area contributed by atoms with Gasteiger partial charge in [0.25, 0.3) is 5.91 Å². The third kappa shape index (κ3) is 2.15. The van der Waals surface area contributed by atoms with Crippen molar-refractivity contribution in [3.05, 3.63) is 35.4 Å². The molecule has 6 heteroatoms. The first-order valence-electron chi connectivity index (χ1n) is 5.18. The van der Waals surface area contributed by atoms with Crippen LogP contribution in [0.1, 0.15) is 21.7 Å². The largest absolute Gasteiger partial charge is 0.469 e. The summed E-state index contributed by atoms with van der Waals surface area (Å²) in [5.41, 5.74) is 7.10. The van der Waals surface area contributed by atoms with Crippen molar-refractivity contribution in [2.24, 2.45) is 7.05 Å². The molecule has 3 N–H and O–H groups in total. The van der Waals surface area contributed by atoms with Crippen LogP contribution in [0.3, 0.4) is 0 Å². The van der Waals surface area contributed by atoms with Gasteiger partial charge < -0.3 is 15.5 Å². The molecule has 6 nitrogen and oxygen atoms in total. The fourth-order valence-corrected chi connectivity index (χ4v) is 1.52. The van der Waals surface area contributed by atoms with Crippen molar-refractivity contribution in [2.75, 3.05) is 5.73 Å². The van der Waals surface area contributed by atoms with Crippen LogP contribution in [0.2, 0.25) is 0 Å². The molecular weight excluding hydrogens is 220 g/mol. The Morgan fingerprint density at radius 2 is 2.41 bits per heavy atom. The van der Waals surface area contributed by atoms with Gasteiger partial charge in [0.2, 0.25) is 0 Å². The maximum absolute atomic E-state index is 11.8. The minimum atomic E-state index is -0.181. The molecule has 0 unspecified atom stereocenters. The van der Waals surface area contributed by atoms with Gasteiger partial charge in [-0.05, 0) is 13.0 Å². The van der Waals surface area contributed by atoms with E-state index in [9.17, 15) is 4.79 Å². The van der Waals surface area contributed by atoms with Gasteiger partial charge in [0, 0.05) is 19.2 Å². The molecule has 2 heterocycles. The number of nitrogen functional groups attached to an aromatic ring is 1. The number of carbonyl (C=O) groups is 1. The minimum Gasteiger partial charge on any atom is -0.469 e. The second-order valence-electron chi connectivity index (χ2n) is 3.75. The van der Waals surface area contributed by atoms with Gasteiger partial charge >= 0.3 is 0 Å². The number of nitrogens with two attached hydrogens (primary N) is 1. The highest BCUT2D eigenvalue weighted by Crippen LogP contribution is 2.11. The molecule has 2 aromatic rings. The summed E-state index contributed by atoms with van der Waals surface area (Å²) < 4.78 is 6.62. The zero-order chi connectivity index (χ0) is 12.4. The summed E-state index contributed by atoms with van der Waals surface area (Å²) in [5.74, 6) is 0.968. The number of furan rings is 1. The van der Waals surface area contributed by atoms with Crippen LogP contribution in [0.15, 0.2) is 22.9 Å². The molecule has 1 amide bonds. The predicted octanol–water partition coefficient (Wildman–Crippen LogP) is 0.834. The zero-order valence-corrected chi connectivity index (χ0v) is 9.73. The summed E-state index contributed by atoms with van der Waals surface area (Å²) in [7, 11) is 1.75. The summed E-state index contributed by atoms with van der Waals surface area (Å²) in [4.78, 5) is 11.8. The molecule has 0 atom stereocenters. The van der Waals surface area contributed by atoms with Crippen molar-refractivity contribution >= 4 is 11.7 Å². The van der Waals surface area contributed by atoms with E-state index >= 15 is 0 Å². The number of hydrogen-bond acceptors (Lipinski definition) is 4. The maximum atomic E-state index is 11.8. The third-order valence-electron chi connectivity index (χ3n) is 2.61. The van der Waals surface area contributed by atoms with Crippen molar-refractivity contribution in [2.45, 2.75) is 13.5 Å². The van der Waals surface area contributed by atoms with Crippen molar-refractivity contribution in [3.8, 4) is 0 Å². The predicted molar refractivity (Wildman–Crippen MR) is 62.2 cm³/mol. The van der Waals surface area contributed by atoms with Gasteiger partial charge in [0.1, 0.15) is 11.6 Å². The summed E-state index contributed by atoms with van der Waals surface area (Å²) in [5, 5.41) is 6.76. The van der Waals surface area contributed by atoms with Crippen LogP contribution >= 0.6 is 0 Å². The normalized spacial score (nSPS) is 10.5. The van der Waals surface area contributed by atoms with Gasteiger partial charge in [-0.25, -0.2) is 0 Å². The number of aromatic nitrogens is 2. The number of nitrogens with one attached hydrogen (secondary N) is 1. The summed E-state index contributed by atoms with van der Waals surface area (Å²) in [6.45, 7) is 2.09. The molecule has 2 aromatic heterocycles. The lowest BCUT2D eigenvalue weighted by atomic mass is 10.2. The number of nitrogens with zero attached hydrogens (tertiary/aromatic N) is 2. The molecule has 0 aromatic carbocycles.